The van der Waals surface area contributed by atoms with Gasteiger partial charge in [0.2, 0.25) is 0 Å². The van der Waals surface area contributed by atoms with E-state index in [1.807, 2.05) is 18.2 Å². The monoisotopic (exact) mass is 289 g/mol. The minimum atomic E-state index is -0.522. The summed E-state index contributed by atoms with van der Waals surface area (Å²) in [6.45, 7) is 2.97. The Kier molecular flexibility index (Phi) is 5.88. The van der Waals surface area contributed by atoms with Crippen LogP contribution in [0, 0.1) is 11.6 Å². The summed E-state index contributed by atoms with van der Waals surface area (Å²) >= 11 is 0. The Bertz CT molecular complexity index is 554. The summed E-state index contributed by atoms with van der Waals surface area (Å²) in [4.78, 5) is 0. The summed E-state index contributed by atoms with van der Waals surface area (Å²) in [6, 6.07) is 14.3. The number of nitrogens with one attached hydrogen (secondary N) is 1. The summed E-state index contributed by atoms with van der Waals surface area (Å²) in [5.41, 5.74) is 1.83. The fraction of sp³-hybridized carbons (Fsp3) is 0.333. The van der Waals surface area contributed by atoms with Crippen molar-refractivity contribution in [2.24, 2.45) is 0 Å². The van der Waals surface area contributed by atoms with Gasteiger partial charge in [0.15, 0.2) is 0 Å². The van der Waals surface area contributed by atoms with E-state index in [1.54, 1.807) is 0 Å². The lowest BCUT2D eigenvalue weighted by Gasteiger charge is -2.18. The van der Waals surface area contributed by atoms with Gasteiger partial charge < -0.3 is 5.32 Å². The van der Waals surface area contributed by atoms with E-state index < -0.39 is 11.6 Å². The van der Waals surface area contributed by atoms with Crippen molar-refractivity contribution >= 4 is 0 Å². The molecular weight excluding hydrogens is 268 g/mol. The van der Waals surface area contributed by atoms with Crippen LogP contribution in [-0.2, 0) is 6.42 Å². The van der Waals surface area contributed by atoms with Crippen LogP contribution < -0.4 is 5.32 Å². The van der Waals surface area contributed by atoms with Crippen molar-refractivity contribution in [2.75, 3.05) is 6.54 Å². The molecule has 1 unspecified atom stereocenters. The molecule has 112 valence electrons. The molecule has 3 heteroatoms. The van der Waals surface area contributed by atoms with Crippen molar-refractivity contribution in [1.29, 1.82) is 0 Å². The average Bonchev–Trinajstić information content (AvgIpc) is 2.49. The van der Waals surface area contributed by atoms with E-state index in [1.165, 1.54) is 17.7 Å². The van der Waals surface area contributed by atoms with Crippen molar-refractivity contribution in [3.8, 4) is 0 Å². The molecule has 0 aromatic heterocycles. The zero-order valence-corrected chi connectivity index (χ0v) is 12.3. The first kappa shape index (κ1) is 15.6. The van der Waals surface area contributed by atoms with Gasteiger partial charge in [0.1, 0.15) is 11.6 Å². The summed E-state index contributed by atoms with van der Waals surface area (Å²) in [6.07, 6.45) is 2.41. The number of hydrogen-bond donors (Lipinski definition) is 1. The van der Waals surface area contributed by atoms with Gasteiger partial charge in [0.25, 0.3) is 0 Å². The molecule has 0 saturated carbocycles. The van der Waals surface area contributed by atoms with Gasteiger partial charge in [0.05, 0.1) is 0 Å². The predicted octanol–water partition coefficient (Wildman–Crippen LogP) is 4.64. The highest BCUT2D eigenvalue weighted by atomic mass is 19.1. The van der Waals surface area contributed by atoms with E-state index in [4.69, 9.17) is 0 Å². The molecular formula is C18H21F2N. The molecule has 0 amide bonds. The molecule has 0 spiro atoms. The van der Waals surface area contributed by atoms with Crippen LogP contribution in [0.15, 0.2) is 48.5 Å². The van der Waals surface area contributed by atoms with Crippen LogP contribution in [0.25, 0.3) is 0 Å². The van der Waals surface area contributed by atoms with E-state index in [-0.39, 0.29) is 6.04 Å². The van der Waals surface area contributed by atoms with Crippen LogP contribution >= 0.6 is 0 Å². The fourth-order valence-corrected chi connectivity index (χ4v) is 2.54. The lowest BCUT2D eigenvalue weighted by atomic mass is 9.99. The molecule has 1 atom stereocenters. The van der Waals surface area contributed by atoms with Gasteiger partial charge in [-0.15, -0.1) is 0 Å². The molecule has 0 bridgehead atoms. The zero-order chi connectivity index (χ0) is 15.1. The molecule has 0 fully saturated rings. The molecule has 1 N–H and O–H groups in total. The predicted molar refractivity (Wildman–Crippen MR) is 82.2 cm³/mol. The second kappa shape index (κ2) is 7.89. The largest absolute Gasteiger partial charge is 0.310 e. The van der Waals surface area contributed by atoms with Crippen LogP contribution in [0.2, 0.25) is 0 Å². The average molecular weight is 289 g/mol. The van der Waals surface area contributed by atoms with Crippen molar-refractivity contribution in [3.05, 3.63) is 71.3 Å². The molecule has 0 radical (unpaired) electrons. The van der Waals surface area contributed by atoms with Crippen LogP contribution in [0.1, 0.15) is 36.9 Å². The van der Waals surface area contributed by atoms with E-state index in [0.717, 1.165) is 25.5 Å². The maximum atomic E-state index is 13.6. The Morgan fingerprint density at radius 3 is 2.48 bits per heavy atom. The van der Waals surface area contributed by atoms with E-state index in [2.05, 4.69) is 24.4 Å². The molecule has 21 heavy (non-hydrogen) atoms. The first-order valence-electron chi connectivity index (χ1n) is 7.43. The first-order valence-corrected chi connectivity index (χ1v) is 7.43. The van der Waals surface area contributed by atoms with Gasteiger partial charge in [-0.2, -0.15) is 0 Å². The lowest BCUT2D eigenvalue weighted by Crippen LogP contribution is -2.21. The van der Waals surface area contributed by atoms with Crippen molar-refractivity contribution in [2.45, 2.75) is 32.2 Å². The second-order valence-electron chi connectivity index (χ2n) is 5.15. The highest BCUT2D eigenvalue weighted by Gasteiger charge is 2.10. The summed E-state index contributed by atoms with van der Waals surface area (Å²) in [5, 5.41) is 3.46. The SMILES string of the molecule is CCNC(CCCc1ccc(F)cc1F)c1ccccc1. The first-order chi connectivity index (χ1) is 10.2. The zero-order valence-electron chi connectivity index (χ0n) is 12.3. The molecule has 2 rings (SSSR count). The molecule has 1 nitrogen and oxygen atoms in total. The minimum absolute atomic E-state index is 0.278. The summed E-state index contributed by atoms with van der Waals surface area (Å²) < 4.78 is 26.5. The van der Waals surface area contributed by atoms with Gasteiger partial charge in [-0.25, -0.2) is 8.78 Å². The smallest absolute Gasteiger partial charge is 0.129 e. The van der Waals surface area contributed by atoms with Gasteiger partial charge in [-0.1, -0.05) is 43.3 Å². The van der Waals surface area contributed by atoms with Gasteiger partial charge in [-0.3, -0.25) is 0 Å². The minimum Gasteiger partial charge on any atom is -0.310 e. The maximum Gasteiger partial charge on any atom is 0.129 e. The number of halogens is 2. The van der Waals surface area contributed by atoms with Gasteiger partial charge >= 0.3 is 0 Å². The normalized spacial score (nSPS) is 12.3. The Morgan fingerprint density at radius 1 is 1.05 bits per heavy atom. The Balaban J connectivity index is 1.93. The third-order valence-corrected chi connectivity index (χ3v) is 3.61. The number of hydrogen-bond acceptors (Lipinski definition) is 1. The Labute approximate surface area is 125 Å². The van der Waals surface area contributed by atoms with Crippen LogP contribution in [-0.4, -0.2) is 6.54 Å². The third kappa shape index (κ3) is 4.64. The molecule has 0 aliphatic heterocycles. The molecule has 2 aromatic rings. The Hall–Kier alpha value is -1.74. The van der Waals surface area contributed by atoms with E-state index in [9.17, 15) is 8.78 Å². The van der Waals surface area contributed by atoms with Crippen LogP contribution in [0.5, 0.6) is 0 Å². The van der Waals surface area contributed by atoms with Crippen molar-refractivity contribution in [3.63, 3.8) is 0 Å². The molecule has 0 aliphatic rings. The molecule has 0 heterocycles. The summed E-state index contributed by atoms with van der Waals surface area (Å²) in [5.74, 6) is -0.972. The van der Waals surface area contributed by atoms with E-state index in [0.29, 0.717) is 12.0 Å². The topological polar surface area (TPSA) is 12.0 Å². The Morgan fingerprint density at radius 2 is 1.81 bits per heavy atom. The quantitative estimate of drug-likeness (QED) is 0.783. The second-order valence-corrected chi connectivity index (χ2v) is 5.15. The highest BCUT2D eigenvalue weighted by Crippen LogP contribution is 2.20. The lowest BCUT2D eigenvalue weighted by molar-refractivity contribution is 0.493. The molecule has 0 saturated heterocycles. The fourth-order valence-electron chi connectivity index (χ4n) is 2.54. The van der Waals surface area contributed by atoms with Crippen LogP contribution in [0.3, 0.4) is 0 Å². The number of rotatable bonds is 7. The van der Waals surface area contributed by atoms with E-state index >= 15 is 0 Å². The summed E-state index contributed by atoms with van der Waals surface area (Å²) in [7, 11) is 0. The van der Waals surface area contributed by atoms with Gasteiger partial charge in [-0.05, 0) is 43.0 Å². The standard InChI is InChI=1S/C18H21F2N/c1-2-21-18(15-7-4-3-5-8-15)10-6-9-14-11-12-16(19)13-17(14)20/h3-5,7-8,11-13,18,21H,2,6,9-10H2,1H3. The number of benzene rings is 2. The highest BCUT2D eigenvalue weighted by molar-refractivity contribution is 5.20. The van der Waals surface area contributed by atoms with Gasteiger partial charge in [0, 0.05) is 12.1 Å². The van der Waals surface area contributed by atoms with Crippen molar-refractivity contribution < 1.29 is 8.78 Å². The maximum absolute atomic E-state index is 13.6. The number of aryl methyl sites for hydroxylation is 1. The molecule has 0 aliphatic carbocycles. The molecule has 2 aromatic carbocycles. The van der Waals surface area contributed by atoms with Crippen LogP contribution in [0.4, 0.5) is 8.78 Å². The third-order valence-electron chi connectivity index (χ3n) is 3.61. The van der Waals surface area contributed by atoms with Crippen molar-refractivity contribution in [1.82, 2.24) is 5.32 Å².